The topological polar surface area (TPSA) is 130 Å². The van der Waals surface area contributed by atoms with Crippen LogP contribution >= 0.6 is 10.2 Å². The zero-order valence-electron chi connectivity index (χ0n) is 24.7. The molecule has 254 valence electrons. The zero-order valence-corrected chi connectivity index (χ0v) is 25.6. The highest BCUT2D eigenvalue weighted by Gasteiger charge is 2.65. The number of anilines is 1. The number of pyridine rings is 1. The molecule has 2 heterocycles. The predicted molar refractivity (Wildman–Crippen MR) is 159 cm³/mol. The van der Waals surface area contributed by atoms with Gasteiger partial charge in [-0.15, -0.1) is 0 Å². The first-order chi connectivity index (χ1) is 21.6. The molecule has 3 N–H and O–H groups in total. The number of aromatic amines is 1. The average molecular weight is 690 g/mol. The minimum Gasteiger partial charge on any atom is -0.388 e. The molecule has 3 atom stereocenters. The molecule has 0 spiro atoms. The van der Waals surface area contributed by atoms with Crippen LogP contribution in [0.4, 0.5) is 33.9 Å². The first-order valence-electron chi connectivity index (χ1n) is 14.4. The van der Waals surface area contributed by atoms with Crippen LogP contribution in [0.3, 0.4) is 0 Å². The van der Waals surface area contributed by atoms with Crippen molar-refractivity contribution in [2.24, 2.45) is 0 Å². The second-order valence-corrected chi connectivity index (χ2v) is 14.7. The van der Waals surface area contributed by atoms with E-state index in [0.717, 1.165) is 11.0 Å². The van der Waals surface area contributed by atoms with E-state index < -0.39 is 80.7 Å². The number of hydrogen-bond donors (Lipinski definition) is 3. The molecule has 1 aliphatic heterocycles. The molecular weight excluding hydrogens is 659 g/mol. The lowest BCUT2D eigenvalue weighted by molar-refractivity contribution is -0.129. The Hall–Kier alpha value is -4.30. The summed E-state index contributed by atoms with van der Waals surface area (Å²) in [5, 5.41) is 23.3. The summed E-state index contributed by atoms with van der Waals surface area (Å²) in [5.41, 5.74) is -2.72. The molecule has 1 aromatic heterocycles. The number of nitrogens with one attached hydrogen (secondary N) is 2. The van der Waals surface area contributed by atoms with E-state index in [1.165, 1.54) is 19.1 Å². The number of para-hydroxylation sites is 1. The number of fused-ring (bicyclic) bond motifs is 1. The van der Waals surface area contributed by atoms with Crippen LogP contribution in [-0.2, 0) is 9.59 Å². The Morgan fingerprint density at radius 3 is 2.30 bits per heavy atom. The van der Waals surface area contributed by atoms with Gasteiger partial charge in [0.25, 0.3) is 5.91 Å². The smallest absolute Gasteiger partial charge is 0.310 e. The number of H-pyrrole nitrogens is 1. The summed E-state index contributed by atoms with van der Waals surface area (Å²) in [6, 6.07) is 4.13. The maximum atomic E-state index is 14.4. The van der Waals surface area contributed by atoms with Gasteiger partial charge in [-0.3, -0.25) is 24.2 Å². The molecule has 1 aliphatic carbocycles. The Bertz CT molecular complexity index is 1820. The number of carbonyl (C=O) groups excluding carboxylic acids is 2. The first kappa shape index (κ1) is 34.0. The van der Waals surface area contributed by atoms with Crippen LogP contribution in [0.5, 0.6) is 0 Å². The maximum Gasteiger partial charge on any atom is 0.310 e. The molecule has 3 aromatic rings. The Kier molecular flexibility index (Phi) is 7.88. The highest BCUT2D eigenvalue weighted by molar-refractivity contribution is 8.45. The third-order valence-electron chi connectivity index (χ3n) is 8.38. The normalized spacial score (nSPS) is 23.7. The summed E-state index contributed by atoms with van der Waals surface area (Å²) < 4.78 is 96.0. The number of nitriles is 1. The monoisotopic (exact) mass is 689 g/mol. The number of likely N-dealkylation sites (tertiary alicyclic amines) is 1. The third-order valence-corrected chi connectivity index (χ3v) is 9.54. The van der Waals surface area contributed by atoms with Crippen molar-refractivity contribution in [3.05, 3.63) is 70.5 Å². The minimum atomic E-state index is -10.2. The SMILES string of the molecule is CC1(O)CC(C(=O)N(c2ccc(S(F)(F)(F)(F)F)cc2)C(C(=O)NC2CCC(F)(F)CC2)c2cc(=O)[nH]c3ccccc23)N(C#N)C1. The van der Waals surface area contributed by atoms with E-state index in [4.69, 9.17) is 0 Å². The quantitative estimate of drug-likeness (QED) is 0.199. The largest absolute Gasteiger partial charge is 0.388 e. The first-order valence-corrected chi connectivity index (χ1v) is 16.4. The average Bonchev–Trinajstić information content (AvgIpc) is 3.29. The Morgan fingerprint density at radius 1 is 1.09 bits per heavy atom. The van der Waals surface area contributed by atoms with Crippen molar-refractivity contribution in [2.45, 2.75) is 73.6 Å². The number of carbonyl (C=O) groups is 2. The van der Waals surface area contributed by atoms with E-state index in [9.17, 15) is 53.0 Å². The number of rotatable bonds is 7. The van der Waals surface area contributed by atoms with Crippen LogP contribution in [0.2, 0.25) is 0 Å². The van der Waals surface area contributed by atoms with E-state index in [1.807, 2.05) is 0 Å². The molecule has 3 unspecified atom stereocenters. The van der Waals surface area contributed by atoms with Gasteiger partial charge in [-0.05, 0) is 55.7 Å². The van der Waals surface area contributed by atoms with Crippen LogP contribution in [0.25, 0.3) is 10.9 Å². The lowest BCUT2D eigenvalue weighted by atomic mass is 9.91. The molecule has 2 aromatic carbocycles. The summed E-state index contributed by atoms with van der Waals surface area (Å²) in [6.07, 6.45) is 0.00591. The highest BCUT2D eigenvalue weighted by atomic mass is 32.5. The second kappa shape index (κ2) is 10.9. The molecule has 1 saturated heterocycles. The van der Waals surface area contributed by atoms with E-state index in [1.54, 1.807) is 18.3 Å². The van der Waals surface area contributed by atoms with Crippen LogP contribution < -0.4 is 15.8 Å². The number of benzene rings is 2. The van der Waals surface area contributed by atoms with Crippen molar-refractivity contribution >= 4 is 38.6 Å². The van der Waals surface area contributed by atoms with Gasteiger partial charge in [0.05, 0.1) is 12.1 Å². The molecule has 9 nitrogen and oxygen atoms in total. The molecule has 47 heavy (non-hydrogen) atoms. The van der Waals surface area contributed by atoms with Crippen molar-refractivity contribution in [3.63, 3.8) is 0 Å². The van der Waals surface area contributed by atoms with Crippen LogP contribution in [-0.4, -0.2) is 57.0 Å². The van der Waals surface area contributed by atoms with E-state index >= 15 is 0 Å². The van der Waals surface area contributed by atoms with Gasteiger partial charge >= 0.3 is 10.2 Å². The van der Waals surface area contributed by atoms with Crippen LogP contribution in [0.1, 0.15) is 50.6 Å². The van der Waals surface area contributed by atoms with Gasteiger partial charge in [-0.1, -0.05) is 37.6 Å². The number of β-amino-alcohol motifs (C(OH)–C–C–N with tert-alkyl or cyclic N) is 1. The lowest BCUT2D eigenvalue weighted by Gasteiger charge is -2.41. The van der Waals surface area contributed by atoms with E-state index in [2.05, 4.69) is 10.3 Å². The van der Waals surface area contributed by atoms with Crippen molar-refractivity contribution in [1.29, 1.82) is 5.26 Å². The van der Waals surface area contributed by atoms with Gasteiger partial charge < -0.3 is 15.4 Å². The van der Waals surface area contributed by atoms with Crippen LogP contribution in [0.15, 0.2) is 64.3 Å². The maximum absolute atomic E-state index is 14.4. The Morgan fingerprint density at radius 2 is 1.70 bits per heavy atom. The number of hydrogen-bond acceptors (Lipinski definition) is 6. The number of aromatic nitrogens is 1. The molecule has 0 bridgehead atoms. The second-order valence-electron chi connectivity index (χ2n) is 12.3. The van der Waals surface area contributed by atoms with Crippen molar-refractivity contribution < 1.29 is 42.9 Å². The molecule has 0 radical (unpaired) electrons. The predicted octanol–water partition coefficient (Wildman–Crippen LogP) is 6.26. The summed E-state index contributed by atoms with van der Waals surface area (Å²) in [7, 11) is -10.2. The zero-order chi connectivity index (χ0) is 34.6. The molecule has 5 rings (SSSR count). The molecule has 1 saturated carbocycles. The minimum absolute atomic E-state index is 0.0537. The van der Waals surface area contributed by atoms with E-state index in [-0.39, 0.29) is 54.4 Å². The summed E-state index contributed by atoms with van der Waals surface area (Å²) >= 11 is 0. The fraction of sp³-hybridized carbons (Fsp3) is 0.400. The van der Waals surface area contributed by atoms with Gasteiger partial charge in [-0.2, -0.15) is 5.26 Å². The molecule has 17 heteroatoms. The fourth-order valence-corrected chi connectivity index (χ4v) is 6.79. The summed E-state index contributed by atoms with van der Waals surface area (Å²) in [4.78, 5) is 43.4. The number of nitrogens with zero attached hydrogens (tertiary/aromatic N) is 3. The molecule has 2 fully saturated rings. The van der Waals surface area contributed by atoms with Gasteiger partial charge in [0.15, 0.2) is 6.19 Å². The summed E-state index contributed by atoms with van der Waals surface area (Å²) in [6.45, 7) is 1.02. The number of alkyl halides is 2. The lowest BCUT2D eigenvalue weighted by Crippen LogP contribution is -2.52. The number of halogens is 7. The van der Waals surface area contributed by atoms with Crippen molar-refractivity contribution in [3.8, 4) is 6.19 Å². The Labute approximate surface area is 263 Å². The number of aliphatic hydroxyl groups is 1. The van der Waals surface area contributed by atoms with Gasteiger partial charge in [0.2, 0.25) is 17.4 Å². The van der Waals surface area contributed by atoms with Gasteiger partial charge in [-0.25, -0.2) is 8.78 Å². The molecule has 2 aliphatic rings. The van der Waals surface area contributed by atoms with Gasteiger partial charge in [0.1, 0.15) is 17.0 Å². The van der Waals surface area contributed by atoms with Crippen LogP contribution in [0, 0.1) is 11.5 Å². The molecular formula is C30H30F7N5O4S. The van der Waals surface area contributed by atoms with Gasteiger partial charge in [0, 0.05) is 48.0 Å². The fourth-order valence-electron chi connectivity index (χ4n) is 6.14. The van der Waals surface area contributed by atoms with E-state index in [0.29, 0.717) is 17.0 Å². The summed E-state index contributed by atoms with van der Waals surface area (Å²) in [5.74, 6) is -5.05. The number of amides is 2. The molecule has 2 amide bonds. The standard InChI is InChI=1S/C30H30F7N5O4S/c1-29(46)15-24(41(16-29)17-38)28(45)42(19-6-8-20(9-7-19)47(33,34,35,36)37)26(27(44)39-18-10-12-30(31,32)13-11-18)22-14-25(43)40-23-5-3-2-4-21(22)23/h2-9,14,18,24,26,46H,10-13,15-16H2,1H3,(H,39,44)(H,40,43). The third kappa shape index (κ3) is 7.33. The van der Waals surface area contributed by atoms with Crippen molar-refractivity contribution in [2.75, 3.05) is 11.4 Å². The van der Waals surface area contributed by atoms with Crippen molar-refractivity contribution in [1.82, 2.24) is 15.2 Å². The Balaban J connectivity index is 1.71. The highest BCUT2D eigenvalue weighted by Crippen LogP contribution is 3.02.